The molecule has 1 fully saturated rings. The van der Waals surface area contributed by atoms with E-state index in [1.54, 1.807) is 0 Å². The monoisotopic (exact) mass is 254 g/mol. The van der Waals surface area contributed by atoms with Crippen molar-refractivity contribution >= 4 is 5.91 Å². The van der Waals surface area contributed by atoms with Gasteiger partial charge < -0.3 is 5.32 Å². The molecule has 1 rings (SSSR count). The third-order valence-electron chi connectivity index (χ3n) is 4.23. The standard InChI is InChI=1S/C15H30N2O/c1-12(2)13(3)16-15(18)11-17(4)14-9-7-5-6-8-10-14/h12-14H,5-11H2,1-4H3,(H,16,18). The first kappa shape index (κ1) is 15.5. The quantitative estimate of drug-likeness (QED) is 0.765. The van der Waals surface area contributed by atoms with Gasteiger partial charge in [-0.25, -0.2) is 0 Å². The van der Waals surface area contributed by atoms with Crippen molar-refractivity contribution in [2.75, 3.05) is 13.6 Å². The largest absolute Gasteiger partial charge is 0.352 e. The zero-order chi connectivity index (χ0) is 13.5. The molecular weight excluding hydrogens is 224 g/mol. The van der Waals surface area contributed by atoms with E-state index in [1.165, 1.54) is 38.5 Å². The molecule has 0 aromatic carbocycles. The fourth-order valence-corrected chi connectivity index (χ4v) is 2.52. The summed E-state index contributed by atoms with van der Waals surface area (Å²) in [5.41, 5.74) is 0. The second-order valence-corrected chi connectivity index (χ2v) is 6.16. The molecule has 18 heavy (non-hydrogen) atoms. The van der Waals surface area contributed by atoms with E-state index in [4.69, 9.17) is 0 Å². The van der Waals surface area contributed by atoms with Gasteiger partial charge >= 0.3 is 0 Å². The molecule has 3 heteroatoms. The lowest BCUT2D eigenvalue weighted by Gasteiger charge is -2.27. The molecule has 106 valence electrons. The van der Waals surface area contributed by atoms with Crippen molar-refractivity contribution in [3.63, 3.8) is 0 Å². The van der Waals surface area contributed by atoms with E-state index in [2.05, 4.69) is 38.0 Å². The molecule has 0 heterocycles. The van der Waals surface area contributed by atoms with Gasteiger partial charge in [0.2, 0.25) is 5.91 Å². The minimum atomic E-state index is 0.169. The smallest absolute Gasteiger partial charge is 0.234 e. The molecule has 0 aliphatic heterocycles. The normalized spacial score (nSPS) is 19.9. The Hall–Kier alpha value is -0.570. The van der Waals surface area contributed by atoms with Crippen LogP contribution in [0.5, 0.6) is 0 Å². The van der Waals surface area contributed by atoms with E-state index in [1.807, 2.05) is 0 Å². The zero-order valence-electron chi connectivity index (χ0n) is 12.5. The highest BCUT2D eigenvalue weighted by Gasteiger charge is 2.19. The second-order valence-electron chi connectivity index (χ2n) is 6.16. The molecule has 1 saturated carbocycles. The molecule has 3 nitrogen and oxygen atoms in total. The van der Waals surface area contributed by atoms with Gasteiger partial charge in [0.15, 0.2) is 0 Å². The van der Waals surface area contributed by atoms with Crippen molar-refractivity contribution in [3.05, 3.63) is 0 Å². The molecule has 0 aromatic heterocycles. The van der Waals surface area contributed by atoms with Gasteiger partial charge in [0.25, 0.3) is 0 Å². The minimum Gasteiger partial charge on any atom is -0.352 e. The Morgan fingerprint density at radius 2 is 1.72 bits per heavy atom. The summed E-state index contributed by atoms with van der Waals surface area (Å²) in [6, 6.07) is 0.868. The van der Waals surface area contributed by atoms with Crippen LogP contribution in [0.15, 0.2) is 0 Å². The Kier molecular flexibility index (Phi) is 6.69. The molecular formula is C15H30N2O. The second kappa shape index (κ2) is 7.78. The summed E-state index contributed by atoms with van der Waals surface area (Å²) in [5, 5.41) is 3.08. The Morgan fingerprint density at radius 3 is 2.22 bits per heavy atom. The first-order valence-corrected chi connectivity index (χ1v) is 7.50. The molecule has 0 bridgehead atoms. The van der Waals surface area contributed by atoms with Gasteiger partial charge in [-0.2, -0.15) is 0 Å². The number of nitrogens with zero attached hydrogens (tertiary/aromatic N) is 1. The van der Waals surface area contributed by atoms with Gasteiger partial charge in [0.05, 0.1) is 6.54 Å². The Morgan fingerprint density at radius 1 is 1.17 bits per heavy atom. The number of rotatable bonds is 5. The van der Waals surface area contributed by atoms with Gasteiger partial charge in [0, 0.05) is 12.1 Å². The molecule has 1 N–H and O–H groups in total. The summed E-state index contributed by atoms with van der Waals surface area (Å²) in [5.74, 6) is 0.667. The first-order valence-electron chi connectivity index (χ1n) is 7.50. The third-order valence-corrected chi connectivity index (χ3v) is 4.23. The molecule has 1 atom stereocenters. The lowest BCUT2D eigenvalue weighted by atomic mass is 10.1. The molecule has 0 aromatic rings. The van der Waals surface area contributed by atoms with Gasteiger partial charge in [0.1, 0.15) is 0 Å². The van der Waals surface area contributed by atoms with E-state index in [-0.39, 0.29) is 11.9 Å². The van der Waals surface area contributed by atoms with Gasteiger partial charge in [-0.15, -0.1) is 0 Å². The molecule has 0 saturated heterocycles. The molecule has 1 aliphatic carbocycles. The highest BCUT2D eigenvalue weighted by molar-refractivity contribution is 5.78. The zero-order valence-corrected chi connectivity index (χ0v) is 12.5. The van der Waals surface area contributed by atoms with Gasteiger partial charge in [-0.05, 0) is 32.7 Å². The van der Waals surface area contributed by atoms with Crippen molar-refractivity contribution in [2.45, 2.75) is 71.4 Å². The molecule has 1 aliphatic rings. The third kappa shape index (κ3) is 5.38. The number of carbonyl (C=O) groups excluding carboxylic acids is 1. The fourth-order valence-electron chi connectivity index (χ4n) is 2.52. The van der Waals surface area contributed by atoms with Crippen molar-refractivity contribution in [1.82, 2.24) is 10.2 Å². The van der Waals surface area contributed by atoms with E-state index in [0.29, 0.717) is 18.5 Å². The SMILES string of the molecule is CC(C)C(C)NC(=O)CN(C)C1CCCCCC1. The van der Waals surface area contributed by atoms with Crippen LogP contribution in [0.3, 0.4) is 0 Å². The van der Waals surface area contributed by atoms with Crippen molar-refractivity contribution in [1.29, 1.82) is 0 Å². The Balaban J connectivity index is 2.33. The summed E-state index contributed by atoms with van der Waals surface area (Å²) in [6.45, 7) is 6.90. The van der Waals surface area contributed by atoms with Gasteiger partial charge in [-0.1, -0.05) is 39.5 Å². The van der Waals surface area contributed by atoms with Crippen molar-refractivity contribution in [2.24, 2.45) is 5.92 Å². The predicted octanol–water partition coefficient (Wildman–Crippen LogP) is 2.80. The van der Waals surface area contributed by atoms with Crippen molar-refractivity contribution < 1.29 is 4.79 Å². The average Bonchev–Trinajstić information content (AvgIpc) is 2.56. The topological polar surface area (TPSA) is 32.3 Å². The van der Waals surface area contributed by atoms with Crippen LogP contribution in [0.4, 0.5) is 0 Å². The van der Waals surface area contributed by atoms with Crippen LogP contribution < -0.4 is 5.32 Å². The highest BCUT2D eigenvalue weighted by atomic mass is 16.2. The van der Waals surface area contributed by atoms with E-state index in [9.17, 15) is 4.79 Å². The predicted molar refractivity (Wildman–Crippen MR) is 76.6 cm³/mol. The van der Waals surface area contributed by atoms with Crippen LogP contribution >= 0.6 is 0 Å². The van der Waals surface area contributed by atoms with E-state index in [0.717, 1.165) is 0 Å². The molecule has 0 spiro atoms. The van der Waals surface area contributed by atoms with Crippen LogP contribution in [-0.2, 0) is 4.79 Å². The van der Waals surface area contributed by atoms with E-state index >= 15 is 0 Å². The maximum Gasteiger partial charge on any atom is 0.234 e. The number of nitrogens with one attached hydrogen (secondary N) is 1. The fraction of sp³-hybridized carbons (Fsp3) is 0.933. The van der Waals surface area contributed by atoms with Crippen LogP contribution in [0.25, 0.3) is 0 Å². The molecule has 0 radical (unpaired) electrons. The van der Waals surface area contributed by atoms with Gasteiger partial charge in [-0.3, -0.25) is 9.69 Å². The first-order chi connectivity index (χ1) is 8.50. The van der Waals surface area contributed by atoms with Crippen LogP contribution in [0.2, 0.25) is 0 Å². The summed E-state index contributed by atoms with van der Waals surface area (Å²) in [6.07, 6.45) is 7.87. The summed E-state index contributed by atoms with van der Waals surface area (Å²) in [4.78, 5) is 14.2. The average molecular weight is 254 g/mol. The number of hydrogen-bond acceptors (Lipinski definition) is 2. The molecule has 1 amide bonds. The highest BCUT2D eigenvalue weighted by Crippen LogP contribution is 2.20. The lowest BCUT2D eigenvalue weighted by Crippen LogP contribution is -2.44. The maximum atomic E-state index is 11.9. The van der Waals surface area contributed by atoms with Crippen LogP contribution in [0.1, 0.15) is 59.3 Å². The van der Waals surface area contributed by atoms with Crippen molar-refractivity contribution in [3.8, 4) is 0 Å². The summed E-state index contributed by atoms with van der Waals surface area (Å²) >= 11 is 0. The Labute approximate surface area is 112 Å². The number of carbonyl (C=O) groups is 1. The Bertz CT molecular complexity index is 245. The van der Waals surface area contributed by atoms with Crippen LogP contribution in [0, 0.1) is 5.92 Å². The lowest BCUT2D eigenvalue weighted by molar-refractivity contribution is -0.123. The maximum absolute atomic E-state index is 11.9. The number of likely N-dealkylation sites (N-methyl/N-ethyl adjacent to an activating group) is 1. The number of amides is 1. The minimum absolute atomic E-state index is 0.169. The number of hydrogen-bond donors (Lipinski definition) is 1. The van der Waals surface area contributed by atoms with E-state index < -0.39 is 0 Å². The van der Waals surface area contributed by atoms with Crippen LogP contribution in [-0.4, -0.2) is 36.5 Å². The molecule has 1 unspecified atom stereocenters. The summed E-state index contributed by atoms with van der Waals surface area (Å²) < 4.78 is 0. The summed E-state index contributed by atoms with van der Waals surface area (Å²) in [7, 11) is 2.09.